The van der Waals surface area contributed by atoms with Crippen LogP contribution in [0, 0.1) is 16.7 Å². The zero-order valence-corrected chi connectivity index (χ0v) is 12.5. The number of rotatable bonds is 1. The summed E-state index contributed by atoms with van der Waals surface area (Å²) in [7, 11) is 0. The minimum absolute atomic E-state index is 0.341. The van der Waals surface area contributed by atoms with Crippen molar-refractivity contribution >= 4 is 5.82 Å². The van der Waals surface area contributed by atoms with Gasteiger partial charge >= 0.3 is 0 Å². The standard InChI is InChI=1S/C18H18N4/c19-12-15-3-1-2-14-10-18(11-16(14)15)4-8-22(9-5-18)17-13-20-6-7-21-17/h1-3,6-7,13H,4-5,8-11H2. The van der Waals surface area contributed by atoms with Crippen LogP contribution in [0.4, 0.5) is 5.82 Å². The Kier molecular flexibility index (Phi) is 3.07. The van der Waals surface area contributed by atoms with Crippen molar-refractivity contribution < 1.29 is 0 Å². The minimum Gasteiger partial charge on any atom is -0.355 e. The van der Waals surface area contributed by atoms with Gasteiger partial charge in [0.1, 0.15) is 5.82 Å². The third kappa shape index (κ3) is 2.14. The molecule has 0 radical (unpaired) electrons. The summed E-state index contributed by atoms with van der Waals surface area (Å²) < 4.78 is 0. The Morgan fingerprint density at radius 1 is 1.14 bits per heavy atom. The molecule has 0 atom stereocenters. The van der Waals surface area contributed by atoms with Crippen LogP contribution in [0.3, 0.4) is 0 Å². The van der Waals surface area contributed by atoms with E-state index in [4.69, 9.17) is 0 Å². The number of hydrogen-bond donors (Lipinski definition) is 0. The maximum atomic E-state index is 9.31. The number of fused-ring (bicyclic) bond motifs is 1. The molecule has 1 saturated heterocycles. The largest absolute Gasteiger partial charge is 0.355 e. The van der Waals surface area contributed by atoms with Gasteiger partial charge in [0.2, 0.25) is 0 Å². The van der Waals surface area contributed by atoms with Crippen molar-refractivity contribution in [3.05, 3.63) is 53.5 Å². The first-order valence-corrected chi connectivity index (χ1v) is 7.82. The highest BCUT2D eigenvalue weighted by atomic mass is 15.2. The van der Waals surface area contributed by atoms with E-state index in [0.717, 1.165) is 50.2 Å². The molecule has 110 valence electrons. The number of hydrogen-bond acceptors (Lipinski definition) is 4. The highest BCUT2D eigenvalue weighted by Gasteiger charge is 2.40. The molecule has 22 heavy (non-hydrogen) atoms. The molecule has 1 fully saturated rings. The van der Waals surface area contributed by atoms with E-state index in [1.54, 1.807) is 12.4 Å². The quantitative estimate of drug-likeness (QED) is 0.810. The Labute approximate surface area is 130 Å². The second kappa shape index (κ2) is 5.10. The van der Waals surface area contributed by atoms with Gasteiger partial charge < -0.3 is 4.90 Å². The van der Waals surface area contributed by atoms with Crippen LogP contribution < -0.4 is 4.90 Å². The zero-order valence-electron chi connectivity index (χ0n) is 12.5. The lowest BCUT2D eigenvalue weighted by Gasteiger charge is -2.39. The van der Waals surface area contributed by atoms with E-state index in [1.165, 1.54) is 11.1 Å². The van der Waals surface area contributed by atoms with E-state index in [1.807, 2.05) is 18.3 Å². The summed E-state index contributed by atoms with van der Waals surface area (Å²) in [6.45, 7) is 2.04. The molecule has 2 heterocycles. The minimum atomic E-state index is 0.341. The predicted octanol–water partition coefficient (Wildman–Crippen LogP) is 2.73. The molecule has 1 aliphatic heterocycles. The number of benzene rings is 1. The first-order valence-electron chi connectivity index (χ1n) is 7.82. The second-order valence-corrected chi connectivity index (χ2v) is 6.46. The Bertz CT molecular complexity index is 724. The highest BCUT2D eigenvalue weighted by Crippen LogP contribution is 2.45. The number of anilines is 1. The normalized spacial score (nSPS) is 19.0. The maximum Gasteiger partial charge on any atom is 0.147 e. The van der Waals surface area contributed by atoms with Crippen molar-refractivity contribution in [2.75, 3.05) is 18.0 Å². The third-order valence-electron chi connectivity index (χ3n) is 5.21. The zero-order chi connectivity index (χ0) is 15.0. The van der Waals surface area contributed by atoms with E-state index in [-0.39, 0.29) is 0 Å². The molecule has 4 heteroatoms. The molecule has 1 aromatic heterocycles. The van der Waals surface area contributed by atoms with Gasteiger partial charge in [-0.1, -0.05) is 12.1 Å². The highest BCUT2D eigenvalue weighted by molar-refractivity contribution is 5.47. The van der Waals surface area contributed by atoms with Crippen molar-refractivity contribution in [2.45, 2.75) is 25.7 Å². The number of aromatic nitrogens is 2. The smallest absolute Gasteiger partial charge is 0.147 e. The fourth-order valence-corrected chi connectivity index (χ4v) is 3.97. The van der Waals surface area contributed by atoms with Crippen LogP contribution in [0.2, 0.25) is 0 Å². The first kappa shape index (κ1) is 13.3. The second-order valence-electron chi connectivity index (χ2n) is 6.46. The Balaban J connectivity index is 1.52. The molecule has 0 amide bonds. The lowest BCUT2D eigenvalue weighted by atomic mass is 9.76. The Morgan fingerprint density at radius 3 is 2.73 bits per heavy atom. The molecule has 1 spiro atoms. The maximum absolute atomic E-state index is 9.31. The topological polar surface area (TPSA) is 52.8 Å². The Hall–Kier alpha value is -2.41. The van der Waals surface area contributed by atoms with Gasteiger partial charge in [-0.05, 0) is 48.3 Å². The van der Waals surface area contributed by atoms with Crippen molar-refractivity contribution in [2.24, 2.45) is 5.41 Å². The summed E-state index contributed by atoms with van der Waals surface area (Å²) in [4.78, 5) is 10.9. The summed E-state index contributed by atoms with van der Waals surface area (Å²) in [6, 6.07) is 8.52. The Morgan fingerprint density at radius 2 is 2.00 bits per heavy atom. The van der Waals surface area contributed by atoms with Gasteiger partial charge in [-0.2, -0.15) is 5.26 Å². The predicted molar refractivity (Wildman–Crippen MR) is 84.5 cm³/mol. The molecule has 2 aromatic rings. The summed E-state index contributed by atoms with van der Waals surface area (Å²) in [6.07, 6.45) is 9.80. The fraction of sp³-hybridized carbons (Fsp3) is 0.389. The van der Waals surface area contributed by atoms with Gasteiger partial charge in [0.05, 0.1) is 17.8 Å². The van der Waals surface area contributed by atoms with Crippen LogP contribution in [0.5, 0.6) is 0 Å². The van der Waals surface area contributed by atoms with E-state index >= 15 is 0 Å². The van der Waals surface area contributed by atoms with Crippen molar-refractivity contribution in [1.29, 1.82) is 5.26 Å². The monoisotopic (exact) mass is 290 g/mol. The molecule has 4 rings (SSSR count). The van der Waals surface area contributed by atoms with Crippen molar-refractivity contribution in [3.63, 3.8) is 0 Å². The third-order valence-corrected chi connectivity index (χ3v) is 5.21. The lowest BCUT2D eigenvalue weighted by molar-refractivity contribution is 0.232. The lowest BCUT2D eigenvalue weighted by Crippen LogP contribution is -2.41. The fourth-order valence-electron chi connectivity index (χ4n) is 3.97. The number of nitrogens with zero attached hydrogens (tertiary/aromatic N) is 4. The molecule has 4 nitrogen and oxygen atoms in total. The molecular weight excluding hydrogens is 272 g/mol. The average Bonchev–Trinajstić information content (AvgIpc) is 2.94. The van der Waals surface area contributed by atoms with Crippen LogP contribution in [-0.2, 0) is 12.8 Å². The van der Waals surface area contributed by atoms with Gasteiger partial charge in [0.15, 0.2) is 0 Å². The van der Waals surface area contributed by atoms with Gasteiger partial charge in [-0.25, -0.2) is 4.98 Å². The molecule has 0 N–H and O–H groups in total. The molecule has 1 aliphatic carbocycles. The van der Waals surface area contributed by atoms with E-state index < -0.39 is 0 Å². The molecule has 2 aliphatic rings. The van der Waals surface area contributed by atoms with Crippen LogP contribution in [0.1, 0.15) is 29.5 Å². The SMILES string of the molecule is N#Cc1cccc2c1CC1(CCN(c3cnccn3)CC1)C2. The summed E-state index contributed by atoms with van der Waals surface area (Å²) in [5, 5.41) is 9.31. The van der Waals surface area contributed by atoms with E-state index in [2.05, 4.69) is 27.0 Å². The van der Waals surface area contributed by atoms with Crippen LogP contribution in [0.25, 0.3) is 0 Å². The van der Waals surface area contributed by atoms with Crippen molar-refractivity contribution in [1.82, 2.24) is 9.97 Å². The van der Waals surface area contributed by atoms with Gasteiger partial charge in [-0.15, -0.1) is 0 Å². The number of nitriles is 1. The van der Waals surface area contributed by atoms with Gasteiger partial charge in [0, 0.05) is 25.5 Å². The average molecular weight is 290 g/mol. The van der Waals surface area contributed by atoms with Crippen LogP contribution in [0.15, 0.2) is 36.8 Å². The number of piperidine rings is 1. The summed E-state index contributed by atoms with van der Waals surface area (Å²) in [5.41, 5.74) is 3.88. The van der Waals surface area contributed by atoms with E-state index in [0.29, 0.717) is 5.41 Å². The summed E-state index contributed by atoms with van der Waals surface area (Å²) >= 11 is 0. The molecule has 0 saturated carbocycles. The van der Waals surface area contributed by atoms with Gasteiger partial charge in [-0.3, -0.25) is 4.98 Å². The van der Waals surface area contributed by atoms with E-state index in [9.17, 15) is 5.26 Å². The molecule has 0 unspecified atom stereocenters. The summed E-state index contributed by atoms with van der Waals surface area (Å²) in [5.74, 6) is 0.977. The molecule has 1 aromatic carbocycles. The molecule has 0 bridgehead atoms. The van der Waals surface area contributed by atoms with Gasteiger partial charge in [0.25, 0.3) is 0 Å². The first-order chi connectivity index (χ1) is 10.8. The van der Waals surface area contributed by atoms with Crippen LogP contribution in [-0.4, -0.2) is 23.1 Å². The van der Waals surface area contributed by atoms with Crippen LogP contribution >= 0.6 is 0 Å². The van der Waals surface area contributed by atoms with Crippen molar-refractivity contribution in [3.8, 4) is 6.07 Å². The molecular formula is C18H18N4.